The number of methoxy groups -OCH3 is 2. The summed E-state index contributed by atoms with van der Waals surface area (Å²) in [5, 5.41) is 23.6. The van der Waals surface area contributed by atoms with E-state index in [1.54, 1.807) is 12.1 Å². The lowest BCUT2D eigenvalue weighted by Gasteiger charge is -2.16. The summed E-state index contributed by atoms with van der Waals surface area (Å²) in [5.74, 6) is -4.72. The van der Waals surface area contributed by atoms with Crippen LogP contribution in [0, 0.1) is 0 Å². The summed E-state index contributed by atoms with van der Waals surface area (Å²) in [6.45, 7) is 0. The number of carbonyl (C=O) groups is 2. The Bertz CT molecular complexity index is 578. The molecule has 1 amide bonds. The molecular formula is C12H12N2O6. The number of rotatable bonds is 3. The van der Waals surface area contributed by atoms with Crippen LogP contribution in [0.1, 0.15) is 0 Å². The summed E-state index contributed by atoms with van der Waals surface area (Å²) >= 11 is 0. The van der Waals surface area contributed by atoms with Gasteiger partial charge in [0.25, 0.3) is 0 Å². The molecular weight excluding hydrogens is 268 g/mol. The van der Waals surface area contributed by atoms with E-state index in [2.05, 4.69) is 9.84 Å². The van der Waals surface area contributed by atoms with Gasteiger partial charge in [-0.3, -0.25) is 4.79 Å². The van der Waals surface area contributed by atoms with Gasteiger partial charge < -0.3 is 19.7 Å². The third kappa shape index (κ3) is 2.10. The minimum absolute atomic E-state index is 0.252. The first-order valence-corrected chi connectivity index (χ1v) is 5.52. The Labute approximate surface area is 113 Å². The van der Waals surface area contributed by atoms with Gasteiger partial charge in [0.05, 0.1) is 19.9 Å². The van der Waals surface area contributed by atoms with Gasteiger partial charge in [-0.2, -0.15) is 10.1 Å². The first-order chi connectivity index (χ1) is 9.41. The maximum absolute atomic E-state index is 11.9. The van der Waals surface area contributed by atoms with Gasteiger partial charge in [-0.1, -0.05) is 0 Å². The van der Waals surface area contributed by atoms with Gasteiger partial charge in [0.2, 0.25) is 5.71 Å². The fourth-order valence-corrected chi connectivity index (χ4v) is 1.64. The van der Waals surface area contributed by atoms with E-state index < -0.39 is 23.4 Å². The molecule has 1 heterocycles. The highest BCUT2D eigenvalue weighted by Crippen LogP contribution is 2.27. The molecule has 1 aliphatic heterocycles. The molecule has 8 nitrogen and oxygen atoms in total. The van der Waals surface area contributed by atoms with E-state index in [0.717, 1.165) is 7.11 Å². The van der Waals surface area contributed by atoms with Crippen molar-refractivity contribution in [3.63, 3.8) is 0 Å². The second-order valence-corrected chi connectivity index (χ2v) is 3.93. The Kier molecular flexibility index (Phi) is 3.43. The molecule has 0 fully saturated rings. The number of amides is 1. The lowest BCUT2D eigenvalue weighted by Crippen LogP contribution is -2.49. The molecule has 1 aromatic carbocycles. The molecule has 0 unspecified atom stereocenters. The van der Waals surface area contributed by atoms with Crippen LogP contribution in [0.2, 0.25) is 0 Å². The molecule has 1 aliphatic rings. The summed E-state index contributed by atoms with van der Waals surface area (Å²) in [6.07, 6.45) is 0. The van der Waals surface area contributed by atoms with Gasteiger partial charge in [0.15, 0.2) is 0 Å². The third-order valence-electron chi connectivity index (χ3n) is 2.72. The van der Waals surface area contributed by atoms with Crippen LogP contribution < -0.4 is 9.75 Å². The minimum atomic E-state index is -3.01. The number of benzene rings is 1. The second-order valence-electron chi connectivity index (χ2n) is 3.93. The number of anilines is 1. The van der Waals surface area contributed by atoms with Crippen molar-refractivity contribution in [3.05, 3.63) is 24.3 Å². The number of esters is 1. The SMILES string of the molecule is COC(=O)C1=NN(c2ccc(OC)cc2)C(=O)C1(O)O. The van der Waals surface area contributed by atoms with E-state index in [0.29, 0.717) is 10.8 Å². The maximum atomic E-state index is 11.9. The molecule has 2 N–H and O–H groups in total. The zero-order valence-electron chi connectivity index (χ0n) is 10.7. The molecule has 106 valence electrons. The van der Waals surface area contributed by atoms with Gasteiger partial charge in [-0.15, -0.1) is 0 Å². The molecule has 0 aromatic heterocycles. The summed E-state index contributed by atoms with van der Waals surface area (Å²) in [6, 6.07) is 6.09. The summed E-state index contributed by atoms with van der Waals surface area (Å²) in [4.78, 5) is 23.3. The van der Waals surface area contributed by atoms with Crippen LogP contribution in [0.25, 0.3) is 0 Å². The summed E-state index contributed by atoms with van der Waals surface area (Å²) in [5.41, 5.74) is -0.539. The lowest BCUT2D eigenvalue weighted by atomic mass is 10.1. The second kappa shape index (κ2) is 4.91. The monoisotopic (exact) mass is 280 g/mol. The first-order valence-electron chi connectivity index (χ1n) is 5.52. The minimum Gasteiger partial charge on any atom is -0.497 e. The molecule has 0 aliphatic carbocycles. The largest absolute Gasteiger partial charge is 0.497 e. The molecule has 0 saturated carbocycles. The smallest absolute Gasteiger partial charge is 0.360 e. The van der Waals surface area contributed by atoms with Crippen LogP contribution in [-0.2, 0) is 14.3 Å². The number of hydrogen-bond donors (Lipinski definition) is 2. The van der Waals surface area contributed by atoms with E-state index in [9.17, 15) is 19.8 Å². The van der Waals surface area contributed by atoms with Gasteiger partial charge >= 0.3 is 17.7 Å². The highest BCUT2D eigenvalue weighted by molar-refractivity contribution is 6.46. The van der Waals surface area contributed by atoms with Crippen molar-refractivity contribution >= 4 is 23.3 Å². The van der Waals surface area contributed by atoms with E-state index >= 15 is 0 Å². The molecule has 0 spiro atoms. The van der Waals surface area contributed by atoms with Crippen LogP contribution in [0.4, 0.5) is 5.69 Å². The Morgan fingerprint density at radius 3 is 2.35 bits per heavy atom. The Morgan fingerprint density at radius 1 is 1.25 bits per heavy atom. The van der Waals surface area contributed by atoms with E-state index in [1.165, 1.54) is 19.2 Å². The van der Waals surface area contributed by atoms with Crippen molar-refractivity contribution in [2.24, 2.45) is 5.10 Å². The normalized spacial score (nSPS) is 16.9. The number of aliphatic hydroxyl groups is 2. The van der Waals surface area contributed by atoms with Crippen molar-refractivity contribution in [2.45, 2.75) is 5.79 Å². The topological polar surface area (TPSA) is 109 Å². The van der Waals surface area contributed by atoms with E-state index in [4.69, 9.17) is 4.74 Å². The number of carbonyl (C=O) groups excluding carboxylic acids is 2. The average Bonchev–Trinajstić information content (AvgIpc) is 2.69. The molecule has 1 aromatic rings. The van der Waals surface area contributed by atoms with Gasteiger partial charge in [0.1, 0.15) is 5.75 Å². The fourth-order valence-electron chi connectivity index (χ4n) is 1.64. The van der Waals surface area contributed by atoms with Gasteiger partial charge in [-0.05, 0) is 24.3 Å². The van der Waals surface area contributed by atoms with Crippen molar-refractivity contribution in [1.29, 1.82) is 0 Å². The van der Waals surface area contributed by atoms with Crippen LogP contribution in [0.5, 0.6) is 5.75 Å². The quantitative estimate of drug-likeness (QED) is 0.557. The van der Waals surface area contributed by atoms with Crippen LogP contribution in [-0.4, -0.2) is 47.8 Å². The lowest BCUT2D eigenvalue weighted by molar-refractivity contribution is -0.159. The van der Waals surface area contributed by atoms with Crippen molar-refractivity contribution in [3.8, 4) is 5.75 Å². The Balaban J connectivity index is 2.39. The average molecular weight is 280 g/mol. The zero-order chi connectivity index (χ0) is 14.9. The number of hydrogen-bond acceptors (Lipinski definition) is 7. The Morgan fingerprint density at radius 2 is 1.85 bits per heavy atom. The molecule has 0 atom stereocenters. The molecule has 8 heteroatoms. The van der Waals surface area contributed by atoms with E-state index in [-0.39, 0.29) is 5.69 Å². The molecule has 0 radical (unpaired) electrons. The highest BCUT2D eigenvalue weighted by atomic mass is 16.5. The molecule has 20 heavy (non-hydrogen) atoms. The first kappa shape index (κ1) is 14.0. The summed E-state index contributed by atoms with van der Waals surface area (Å²) < 4.78 is 9.31. The Hall–Kier alpha value is -2.45. The van der Waals surface area contributed by atoms with Gasteiger partial charge in [0, 0.05) is 0 Å². The zero-order valence-corrected chi connectivity index (χ0v) is 10.7. The highest BCUT2D eigenvalue weighted by Gasteiger charge is 2.53. The summed E-state index contributed by atoms with van der Waals surface area (Å²) in [7, 11) is 2.53. The van der Waals surface area contributed by atoms with Gasteiger partial charge in [-0.25, -0.2) is 4.79 Å². The number of ether oxygens (including phenoxy) is 2. The van der Waals surface area contributed by atoms with Crippen molar-refractivity contribution < 1.29 is 29.3 Å². The van der Waals surface area contributed by atoms with Crippen LogP contribution in [0.3, 0.4) is 0 Å². The fraction of sp³-hybridized carbons (Fsp3) is 0.250. The molecule has 0 bridgehead atoms. The predicted octanol–water partition coefficient (Wildman–Crippen LogP) is -0.748. The van der Waals surface area contributed by atoms with Crippen molar-refractivity contribution in [2.75, 3.05) is 19.2 Å². The third-order valence-corrected chi connectivity index (χ3v) is 2.72. The van der Waals surface area contributed by atoms with Crippen LogP contribution in [0.15, 0.2) is 29.4 Å². The van der Waals surface area contributed by atoms with Crippen molar-refractivity contribution in [1.82, 2.24) is 0 Å². The standard InChI is InChI=1S/C12H12N2O6/c1-19-8-5-3-7(4-6-8)14-11(16)12(17,18)9(13-14)10(15)20-2/h3-6,17-18H,1-2H3. The van der Waals surface area contributed by atoms with Crippen LogP contribution >= 0.6 is 0 Å². The molecule has 0 saturated heterocycles. The molecule has 2 rings (SSSR count). The maximum Gasteiger partial charge on any atom is 0.360 e. The predicted molar refractivity (Wildman–Crippen MR) is 67.1 cm³/mol. The van der Waals surface area contributed by atoms with E-state index in [1.807, 2.05) is 0 Å². The number of hydrazone groups is 1. The number of nitrogens with zero attached hydrogens (tertiary/aromatic N) is 2.